The Morgan fingerprint density at radius 2 is 2.22 bits per heavy atom. The predicted molar refractivity (Wildman–Crippen MR) is 70.1 cm³/mol. The molecule has 1 aliphatic rings. The molecule has 0 radical (unpaired) electrons. The van der Waals surface area contributed by atoms with Crippen molar-refractivity contribution >= 4 is 16.7 Å². The number of halogens is 1. The van der Waals surface area contributed by atoms with Crippen molar-refractivity contribution < 1.29 is 4.39 Å². The Hall–Kier alpha value is -1.71. The Bertz CT molecular complexity index is 570. The number of fused-ring (bicyclic) bond motifs is 1. The van der Waals surface area contributed by atoms with Crippen LogP contribution < -0.4 is 4.90 Å². The largest absolute Gasteiger partial charge is 0.356 e. The molecular weight excluding hydrogens is 229 g/mol. The SMILES string of the molecule is CC1CCCN(c2ncnc3c(F)cccc23)C1. The first-order chi connectivity index (χ1) is 8.75. The number of nitrogens with zero attached hydrogens (tertiary/aromatic N) is 3. The quantitative estimate of drug-likeness (QED) is 0.773. The number of hydrogen-bond acceptors (Lipinski definition) is 3. The van der Waals surface area contributed by atoms with Crippen molar-refractivity contribution in [2.75, 3.05) is 18.0 Å². The first-order valence-electron chi connectivity index (χ1n) is 6.40. The summed E-state index contributed by atoms with van der Waals surface area (Å²) in [5, 5.41) is 0.812. The van der Waals surface area contributed by atoms with Gasteiger partial charge in [0.25, 0.3) is 0 Å². The maximum absolute atomic E-state index is 13.7. The van der Waals surface area contributed by atoms with Gasteiger partial charge in [0.2, 0.25) is 0 Å². The first kappa shape index (κ1) is 11.4. The summed E-state index contributed by atoms with van der Waals surface area (Å²) in [4.78, 5) is 10.6. The Labute approximate surface area is 106 Å². The maximum atomic E-state index is 13.7. The fourth-order valence-electron chi connectivity index (χ4n) is 2.67. The van der Waals surface area contributed by atoms with Crippen molar-refractivity contribution in [1.82, 2.24) is 9.97 Å². The maximum Gasteiger partial charge on any atom is 0.149 e. The summed E-state index contributed by atoms with van der Waals surface area (Å²) in [6.07, 6.45) is 3.88. The van der Waals surface area contributed by atoms with Crippen LogP contribution in [0.25, 0.3) is 10.9 Å². The molecule has 0 saturated carbocycles. The summed E-state index contributed by atoms with van der Waals surface area (Å²) in [7, 11) is 0. The molecule has 2 heterocycles. The van der Waals surface area contributed by atoms with Crippen LogP contribution in [0.2, 0.25) is 0 Å². The van der Waals surface area contributed by atoms with Crippen LogP contribution in [0.15, 0.2) is 24.5 Å². The minimum atomic E-state index is -0.277. The van der Waals surface area contributed by atoms with Gasteiger partial charge in [-0.3, -0.25) is 0 Å². The number of rotatable bonds is 1. The summed E-state index contributed by atoms with van der Waals surface area (Å²) < 4.78 is 13.7. The molecule has 0 spiro atoms. The molecular formula is C14H16FN3. The lowest BCUT2D eigenvalue weighted by Gasteiger charge is -2.32. The molecule has 1 aliphatic heterocycles. The van der Waals surface area contributed by atoms with E-state index in [-0.39, 0.29) is 5.82 Å². The van der Waals surface area contributed by atoms with E-state index in [1.165, 1.54) is 25.2 Å². The average Bonchev–Trinajstić information content (AvgIpc) is 2.39. The van der Waals surface area contributed by atoms with Crippen LogP contribution in [0, 0.1) is 11.7 Å². The second kappa shape index (κ2) is 4.52. The lowest BCUT2D eigenvalue weighted by Crippen LogP contribution is -2.35. The van der Waals surface area contributed by atoms with E-state index in [9.17, 15) is 4.39 Å². The van der Waals surface area contributed by atoms with E-state index in [1.807, 2.05) is 6.07 Å². The van der Waals surface area contributed by atoms with E-state index >= 15 is 0 Å². The molecule has 0 amide bonds. The fourth-order valence-corrected chi connectivity index (χ4v) is 2.67. The third kappa shape index (κ3) is 1.92. The molecule has 1 fully saturated rings. The van der Waals surface area contributed by atoms with E-state index in [1.54, 1.807) is 6.07 Å². The summed E-state index contributed by atoms with van der Waals surface area (Å²) in [6, 6.07) is 5.06. The van der Waals surface area contributed by atoms with E-state index < -0.39 is 0 Å². The zero-order valence-corrected chi connectivity index (χ0v) is 10.4. The molecule has 1 atom stereocenters. The van der Waals surface area contributed by atoms with E-state index in [0.717, 1.165) is 24.3 Å². The zero-order valence-electron chi connectivity index (χ0n) is 10.4. The van der Waals surface area contributed by atoms with Crippen molar-refractivity contribution in [2.45, 2.75) is 19.8 Å². The van der Waals surface area contributed by atoms with Gasteiger partial charge < -0.3 is 4.90 Å². The smallest absolute Gasteiger partial charge is 0.149 e. The van der Waals surface area contributed by atoms with Crippen LogP contribution in [0.1, 0.15) is 19.8 Å². The van der Waals surface area contributed by atoms with Crippen molar-refractivity contribution in [3.05, 3.63) is 30.3 Å². The van der Waals surface area contributed by atoms with Crippen LogP contribution in [0.3, 0.4) is 0 Å². The van der Waals surface area contributed by atoms with Crippen LogP contribution in [0.4, 0.5) is 10.2 Å². The van der Waals surface area contributed by atoms with Gasteiger partial charge in [0.1, 0.15) is 23.5 Å². The highest BCUT2D eigenvalue weighted by Crippen LogP contribution is 2.28. The molecule has 0 aliphatic carbocycles. The molecule has 0 N–H and O–H groups in total. The van der Waals surface area contributed by atoms with Gasteiger partial charge in [-0.1, -0.05) is 13.0 Å². The topological polar surface area (TPSA) is 29.0 Å². The number of aromatic nitrogens is 2. The fraction of sp³-hybridized carbons (Fsp3) is 0.429. The lowest BCUT2D eigenvalue weighted by molar-refractivity contribution is 0.445. The summed E-state index contributed by atoms with van der Waals surface area (Å²) in [6.45, 7) is 4.23. The normalized spacial score (nSPS) is 20.3. The van der Waals surface area contributed by atoms with Gasteiger partial charge in [0, 0.05) is 18.5 Å². The lowest BCUT2D eigenvalue weighted by atomic mass is 10.00. The average molecular weight is 245 g/mol. The number of benzene rings is 1. The van der Waals surface area contributed by atoms with Crippen molar-refractivity contribution in [3.8, 4) is 0 Å². The Kier molecular flexibility index (Phi) is 2.86. The summed E-state index contributed by atoms with van der Waals surface area (Å²) >= 11 is 0. The third-order valence-electron chi connectivity index (χ3n) is 3.55. The van der Waals surface area contributed by atoms with Gasteiger partial charge in [0.15, 0.2) is 0 Å². The monoisotopic (exact) mass is 245 g/mol. The Morgan fingerprint density at radius 3 is 3.06 bits per heavy atom. The molecule has 3 rings (SSSR count). The number of para-hydroxylation sites is 1. The van der Waals surface area contributed by atoms with Gasteiger partial charge in [-0.15, -0.1) is 0 Å². The minimum Gasteiger partial charge on any atom is -0.356 e. The standard InChI is InChI=1S/C14H16FN3/c1-10-4-3-7-18(8-10)14-11-5-2-6-12(15)13(11)16-9-17-14/h2,5-6,9-10H,3-4,7-8H2,1H3. The van der Waals surface area contributed by atoms with Crippen LogP contribution >= 0.6 is 0 Å². The van der Waals surface area contributed by atoms with Gasteiger partial charge in [0.05, 0.1) is 0 Å². The molecule has 18 heavy (non-hydrogen) atoms. The van der Waals surface area contributed by atoms with Crippen molar-refractivity contribution in [3.63, 3.8) is 0 Å². The van der Waals surface area contributed by atoms with Crippen LogP contribution in [0.5, 0.6) is 0 Å². The molecule has 1 unspecified atom stereocenters. The van der Waals surface area contributed by atoms with Gasteiger partial charge in [-0.25, -0.2) is 14.4 Å². The predicted octanol–water partition coefficient (Wildman–Crippen LogP) is 3.01. The first-order valence-corrected chi connectivity index (χ1v) is 6.40. The Morgan fingerprint density at radius 1 is 1.33 bits per heavy atom. The van der Waals surface area contributed by atoms with E-state index in [0.29, 0.717) is 11.4 Å². The molecule has 1 aromatic heterocycles. The second-order valence-electron chi connectivity index (χ2n) is 5.03. The van der Waals surface area contributed by atoms with Gasteiger partial charge in [-0.2, -0.15) is 0 Å². The highest BCUT2D eigenvalue weighted by Gasteiger charge is 2.20. The number of piperidine rings is 1. The molecule has 3 nitrogen and oxygen atoms in total. The van der Waals surface area contributed by atoms with E-state index in [2.05, 4.69) is 21.8 Å². The van der Waals surface area contributed by atoms with Crippen molar-refractivity contribution in [2.24, 2.45) is 5.92 Å². The Balaban J connectivity index is 2.09. The molecule has 2 aromatic rings. The van der Waals surface area contributed by atoms with Crippen LogP contribution in [-0.2, 0) is 0 Å². The third-order valence-corrected chi connectivity index (χ3v) is 3.55. The van der Waals surface area contributed by atoms with Crippen molar-refractivity contribution in [1.29, 1.82) is 0 Å². The molecule has 4 heteroatoms. The minimum absolute atomic E-state index is 0.277. The number of hydrogen-bond donors (Lipinski definition) is 0. The summed E-state index contributed by atoms with van der Waals surface area (Å²) in [5.41, 5.74) is 0.417. The highest BCUT2D eigenvalue weighted by molar-refractivity contribution is 5.89. The number of anilines is 1. The van der Waals surface area contributed by atoms with Gasteiger partial charge >= 0.3 is 0 Å². The van der Waals surface area contributed by atoms with Gasteiger partial charge in [-0.05, 0) is 30.9 Å². The molecule has 1 saturated heterocycles. The second-order valence-corrected chi connectivity index (χ2v) is 5.03. The zero-order chi connectivity index (χ0) is 12.5. The van der Waals surface area contributed by atoms with E-state index in [4.69, 9.17) is 0 Å². The molecule has 94 valence electrons. The van der Waals surface area contributed by atoms with Crippen LogP contribution in [-0.4, -0.2) is 23.1 Å². The summed E-state index contributed by atoms with van der Waals surface area (Å²) in [5.74, 6) is 1.25. The molecule has 1 aromatic carbocycles. The highest BCUT2D eigenvalue weighted by atomic mass is 19.1. The molecule has 0 bridgehead atoms.